The highest BCUT2D eigenvalue weighted by Gasteiger charge is 2.17. The molecule has 0 spiro atoms. The van der Waals surface area contributed by atoms with Crippen LogP contribution in [-0.2, 0) is 0 Å². The summed E-state index contributed by atoms with van der Waals surface area (Å²) >= 11 is 1.92. The molecule has 1 atom stereocenters. The zero-order valence-corrected chi connectivity index (χ0v) is 6.36. The van der Waals surface area contributed by atoms with Crippen LogP contribution in [0.4, 0.5) is 0 Å². The summed E-state index contributed by atoms with van der Waals surface area (Å²) in [6.07, 6.45) is 3.76. The molecule has 1 aliphatic rings. The summed E-state index contributed by atoms with van der Waals surface area (Å²) in [6.45, 7) is 0. The smallest absolute Gasteiger partial charge is 0.0643 e. The molecular weight excluding hydrogens is 132 g/mol. The fourth-order valence-corrected chi connectivity index (χ4v) is 2.30. The van der Waals surface area contributed by atoms with Crippen molar-refractivity contribution < 1.29 is 0 Å². The minimum absolute atomic E-state index is 0.102. The van der Waals surface area contributed by atoms with Gasteiger partial charge in [0.1, 0.15) is 0 Å². The Morgan fingerprint density at radius 1 is 1.33 bits per heavy atom. The van der Waals surface area contributed by atoms with Crippen LogP contribution in [0.1, 0.15) is 19.3 Å². The van der Waals surface area contributed by atoms with Crippen molar-refractivity contribution in [2.45, 2.75) is 30.7 Å². The van der Waals surface area contributed by atoms with Crippen molar-refractivity contribution in [3.63, 3.8) is 0 Å². The van der Waals surface area contributed by atoms with E-state index >= 15 is 0 Å². The zero-order valence-electron chi connectivity index (χ0n) is 5.55. The highest BCUT2D eigenvalue weighted by atomic mass is 32.2. The lowest BCUT2D eigenvalue weighted by atomic mass is 10.1. The molecule has 0 bridgehead atoms. The van der Waals surface area contributed by atoms with Gasteiger partial charge in [-0.2, -0.15) is 11.8 Å². The van der Waals surface area contributed by atoms with Crippen LogP contribution in [-0.4, -0.2) is 17.2 Å². The normalized spacial score (nSPS) is 29.0. The van der Waals surface area contributed by atoms with E-state index in [9.17, 15) is 0 Å². The second-order valence-electron chi connectivity index (χ2n) is 2.48. The lowest BCUT2D eigenvalue weighted by Crippen LogP contribution is -2.41. The van der Waals surface area contributed by atoms with Crippen molar-refractivity contribution >= 4 is 11.8 Å². The molecule has 0 aromatic heterocycles. The molecule has 3 heteroatoms. The minimum Gasteiger partial charge on any atom is -0.315 e. The predicted molar refractivity (Wildman–Crippen MR) is 42.3 cm³/mol. The van der Waals surface area contributed by atoms with E-state index in [1.165, 1.54) is 25.0 Å². The Hall–Kier alpha value is 0.270. The molecule has 0 aromatic carbocycles. The van der Waals surface area contributed by atoms with Gasteiger partial charge in [-0.3, -0.25) is 0 Å². The predicted octanol–water partition coefficient (Wildman–Crippen LogP) is 0.516. The lowest BCUT2D eigenvalue weighted by molar-refractivity contribution is 0.576. The van der Waals surface area contributed by atoms with E-state index in [1.54, 1.807) is 0 Å². The van der Waals surface area contributed by atoms with Crippen LogP contribution in [0.15, 0.2) is 0 Å². The molecule has 1 rings (SSSR count). The number of nitrogens with two attached hydrogens (primary N) is 2. The monoisotopic (exact) mass is 146 g/mol. The van der Waals surface area contributed by atoms with Crippen LogP contribution in [0.2, 0.25) is 0 Å². The highest BCUT2D eigenvalue weighted by molar-refractivity contribution is 8.00. The molecular formula is C6H14N2S. The maximum absolute atomic E-state index is 5.52. The Morgan fingerprint density at radius 2 is 2.11 bits per heavy atom. The fourth-order valence-electron chi connectivity index (χ4n) is 1.07. The molecule has 1 fully saturated rings. The van der Waals surface area contributed by atoms with E-state index in [4.69, 9.17) is 11.5 Å². The van der Waals surface area contributed by atoms with Gasteiger partial charge in [-0.1, -0.05) is 6.42 Å². The molecule has 4 N–H and O–H groups in total. The largest absolute Gasteiger partial charge is 0.315 e. The summed E-state index contributed by atoms with van der Waals surface area (Å²) < 4.78 is 0. The Morgan fingerprint density at radius 3 is 2.44 bits per heavy atom. The van der Waals surface area contributed by atoms with Gasteiger partial charge in [0.05, 0.1) is 6.17 Å². The zero-order chi connectivity index (χ0) is 6.69. The van der Waals surface area contributed by atoms with E-state index in [2.05, 4.69) is 0 Å². The summed E-state index contributed by atoms with van der Waals surface area (Å²) in [7, 11) is 0. The maximum Gasteiger partial charge on any atom is 0.0643 e. The van der Waals surface area contributed by atoms with Crippen LogP contribution in [0.5, 0.6) is 0 Å². The first-order valence-corrected chi connectivity index (χ1v) is 4.48. The summed E-state index contributed by atoms with van der Waals surface area (Å²) in [5.74, 6) is 1.25. The van der Waals surface area contributed by atoms with Gasteiger partial charge in [0.15, 0.2) is 0 Å². The molecule has 1 aliphatic heterocycles. The molecule has 1 unspecified atom stereocenters. The number of rotatable bonds is 1. The Labute approximate surface area is 60.4 Å². The average molecular weight is 146 g/mol. The van der Waals surface area contributed by atoms with E-state index in [-0.39, 0.29) is 6.17 Å². The second kappa shape index (κ2) is 3.44. The molecule has 1 saturated heterocycles. The standard InChI is InChI=1S/C6H14N2S/c7-6(8)5-3-1-2-4-9-5/h5-6H,1-4,7-8H2. The summed E-state index contributed by atoms with van der Waals surface area (Å²) in [5.41, 5.74) is 11.0. The third-order valence-electron chi connectivity index (χ3n) is 1.64. The van der Waals surface area contributed by atoms with Gasteiger partial charge in [-0.15, -0.1) is 0 Å². The number of hydrogen-bond donors (Lipinski definition) is 2. The topological polar surface area (TPSA) is 52.0 Å². The molecule has 0 radical (unpaired) electrons. The van der Waals surface area contributed by atoms with Gasteiger partial charge in [0.2, 0.25) is 0 Å². The molecule has 54 valence electrons. The van der Waals surface area contributed by atoms with Crippen molar-refractivity contribution in [2.24, 2.45) is 11.5 Å². The van der Waals surface area contributed by atoms with Crippen molar-refractivity contribution in [1.29, 1.82) is 0 Å². The molecule has 0 aromatic rings. The first-order valence-electron chi connectivity index (χ1n) is 3.43. The molecule has 0 aliphatic carbocycles. The summed E-state index contributed by atoms with van der Waals surface area (Å²) in [4.78, 5) is 0. The van der Waals surface area contributed by atoms with Crippen molar-refractivity contribution in [3.8, 4) is 0 Å². The minimum atomic E-state index is -0.102. The van der Waals surface area contributed by atoms with Gasteiger partial charge in [-0.25, -0.2) is 0 Å². The van der Waals surface area contributed by atoms with Gasteiger partial charge in [-0.05, 0) is 18.6 Å². The SMILES string of the molecule is NC(N)C1CCCCS1. The number of thioether (sulfide) groups is 1. The van der Waals surface area contributed by atoms with Gasteiger partial charge < -0.3 is 11.5 Å². The molecule has 9 heavy (non-hydrogen) atoms. The summed E-state index contributed by atoms with van der Waals surface area (Å²) in [6, 6.07) is 0. The summed E-state index contributed by atoms with van der Waals surface area (Å²) in [5, 5.41) is 0.527. The third-order valence-corrected chi connectivity index (χ3v) is 3.15. The molecule has 1 heterocycles. The maximum atomic E-state index is 5.52. The lowest BCUT2D eigenvalue weighted by Gasteiger charge is -2.23. The Kier molecular flexibility index (Phi) is 2.82. The second-order valence-corrected chi connectivity index (χ2v) is 3.83. The first-order chi connectivity index (χ1) is 4.30. The van der Waals surface area contributed by atoms with Gasteiger partial charge in [0.25, 0.3) is 0 Å². The third kappa shape index (κ3) is 2.16. The van der Waals surface area contributed by atoms with E-state index in [0.717, 1.165) is 0 Å². The van der Waals surface area contributed by atoms with Gasteiger partial charge in [0, 0.05) is 5.25 Å². The molecule has 0 amide bonds. The quantitative estimate of drug-likeness (QED) is 0.530. The van der Waals surface area contributed by atoms with Gasteiger partial charge >= 0.3 is 0 Å². The highest BCUT2D eigenvalue weighted by Crippen LogP contribution is 2.25. The average Bonchev–Trinajstić information content (AvgIpc) is 1.90. The van der Waals surface area contributed by atoms with Crippen LogP contribution in [0.25, 0.3) is 0 Å². The van der Waals surface area contributed by atoms with E-state index in [0.29, 0.717) is 5.25 Å². The van der Waals surface area contributed by atoms with E-state index in [1.807, 2.05) is 11.8 Å². The van der Waals surface area contributed by atoms with Crippen LogP contribution in [0.3, 0.4) is 0 Å². The van der Waals surface area contributed by atoms with Crippen LogP contribution < -0.4 is 11.5 Å². The van der Waals surface area contributed by atoms with E-state index < -0.39 is 0 Å². The van der Waals surface area contributed by atoms with Crippen LogP contribution >= 0.6 is 11.8 Å². The molecule has 0 saturated carbocycles. The van der Waals surface area contributed by atoms with Crippen LogP contribution in [0, 0.1) is 0 Å². The molecule has 2 nitrogen and oxygen atoms in total. The first kappa shape index (κ1) is 7.38. The van der Waals surface area contributed by atoms with Crippen molar-refractivity contribution in [3.05, 3.63) is 0 Å². The van der Waals surface area contributed by atoms with Crippen molar-refractivity contribution in [1.82, 2.24) is 0 Å². The number of hydrogen-bond acceptors (Lipinski definition) is 3. The fraction of sp³-hybridized carbons (Fsp3) is 1.00. The van der Waals surface area contributed by atoms with Crippen molar-refractivity contribution in [2.75, 3.05) is 5.75 Å². The Balaban J connectivity index is 2.23. The Bertz CT molecular complexity index is 79.1.